The van der Waals surface area contributed by atoms with Gasteiger partial charge in [-0.3, -0.25) is 0 Å². The molecule has 0 amide bonds. The van der Waals surface area contributed by atoms with E-state index in [2.05, 4.69) is 66.5 Å². The van der Waals surface area contributed by atoms with Gasteiger partial charge < -0.3 is 4.90 Å². The molecule has 1 saturated carbocycles. The number of thiophene rings is 1. The smallest absolute Gasteiger partial charge is 0.101 e. The topological polar surface area (TPSA) is 27.0 Å². The van der Waals surface area contributed by atoms with Crippen molar-refractivity contribution in [2.75, 3.05) is 11.9 Å². The third kappa shape index (κ3) is 3.09. The van der Waals surface area contributed by atoms with E-state index in [9.17, 15) is 5.26 Å². The van der Waals surface area contributed by atoms with Crippen molar-refractivity contribution in [1.82, 2.24) is 0 Å². The van der Waals surface area contributed by atoms with E-state index in [1.807, 2.05) is 12.1 Å². The lowest BCUT2D eigenvalue weighted by Crippen LogP contribution is -2.14. The summed E-state index contributed by atoms with van der Waals surface area (Å²) in [5.74, 6) is 0.661. The Morgan fingerprint density at radius 1 is 0.828 bits per heavy atom. The van der Waals surface area contributed by atoms with Crippen LogP contribution in [-0.4, -0.2) is 7.05 Å². The normalized spacial score (nSPS) is 14.9. The van der Waals surface area contributed by atoms with Crippen LogP contribution in [0.15, 0.2) is 60.7 Å². The lowest BCUT2D eigenvalue weighted by atomic mass is 9.83. The van der Waals surface area contributed by atoms with Crippen LogP contribution in [-0.2, 0) is 0 Å². The number of nitrogens with zero attached hydrogens (tertiary/aromatic N) is 2. The minimum absolute atomic E-state index is 0.661. The zero-order valence-electron chi connectivity index (χ0n) is 16.7. The fraction of sp³-hybridized carbons (Fsp3) is 0.269. The number of anilines is 2. The van der Waals surface area contributed by atoms with Crippen LogP contribution in [0.5, 0.6) is 0 Å². The summed E-state index contributed by atoms with van der Waals surface area (Å²) >= 11 is 1.74. The standard InChI is InChI=1S/C26H24N2S/c1-28(23-15-6-5-12-20(23)18-9-3-2-4-10-18)24-16-8-14-22-21-13-7-11-19(17-27)25(21)29-26(22)24/h5-8,11-16,18H,2-4,9-10H2,1H3. The Morgan fingerprint density at radius 2 is 1.52 bits per heavy atom. The molecule has 1 aliphatic carbocycles. The summed E-state index contributed by atoms with van der Waals surface area (Å²) in [5, 5.41) is 12.0. The predicted octanol–water partition coefficient (Wildman–Crippen LogP) is 7.74. The lowest BCUT2D eigenvalue weighted by Gasteiger charge is -2.29. The summed E-state index contributed by atoms with van der Waals surface area (Å²) in [6.07, 6.45) is 6.64. The molecule has 2 nitrogen and oxygen atoms in total. The van der Waals surface area contributed by atoms with Crippen LogP contribution in [0.2, 0.25) is 0 Å². The quantitative estimate of drug-likeness (QED) is 0.354. The van der Waals surface area contributed by atoms with Gasteiger partial charge in [0, 0.05) is 23.5 Å². The lowest BCUT2D eigenvalue weighted by molar-refractivity contribution is 0.444. The Bertz CT molecular complexity index is 1220. The second-order valence-electron chi connectivity index (χ2n) is 8.00. The molecule has 0 bridgehead atoms. The van der Waals surface area contributed by atoms with E-state index in [-0.39, 0.29) is 0 Å². The summed E-state index contributed by atoms with van der Waals surface area (Å²) in [6.45, 7) is 0. The molecule has 3 aromatic carbocycles. The first kappa shape index (κ1) is 18.2. The number of benzene rings is 3. The molecule has 0 unspecified atom stereocenters. The Hall–Kier alpha value is -2.83. The van der Waals surface area contributed by atoms with Crippen molar-refractivity contribution in [3.63, 3.8) is 0 Å². The van der Waals surface area contributed by atoms with Crippen molar-refractivity contribution in [1.29, 1.82) is 5.26 Å². The highest BCUT2D eigenvalue weighted by molar-refractivity contribution is 7.26. The molecule has 0 spiro atoms. The first-order valence-corrected chi connectivity index (χ1v) is 11.3. The fourth-order valence-corrected chi connectivity index (χ4v) is 6.15. The molecule has 3 heteroatoms. The van der Waals surface area contributed by atoms with Gasteiger partial charge in [0.2, 0.25) is 0 Å². The molecule has 0 saturated heterocycles. The largest absolute Gasteiger partial charge is 0.343 e. The van der Waals surface area contributed by atoms with Crippen LogP contribution in [0, 0.1) is 11.3 Å². The maximum Gasteiger partial charge on any atom is 0.101 e. The summed E-state index contributed by atoms with van der Waals surface area (Å²) in [4.78, 5) is 2.35. The first-order valence-electron chi connectivity index (χ1n) is 10.4. The number of nitriles is 1. The van der Waals surface area contributed by atoms with Gasteiger partial charge in [0.1, 0.15) is 6.07 Å². The van der Waals surface area contributed by atoms with Gasteiger partial charge in [-0.25, -0.2) is 0 Å². The highest BCUT2D eigenvalue weighted by Crippen LogP contribution is 2.44. The van der Waals surface area contributed by atoms with E-state index in [0.29, 0.717) is 5.92 Å². The van der Waals surface area contributed by atoms with Crippen molar-refractivity contribution in [2.45, 2.75) is 38.0 Å². The molecular weight excluding hydrogens is 372 g/mol. The number of hydrogen-bond acceptors (Lipinski definition) is 3. The van der Waals surface area contributed by atoms with Crippen molar-refractivity contribution in [3.8, 4) is 6.07 Å². The predicted molar refractivity (Wildman–Crippen MR) is 124 cm³/mol. The van der Waals surface area contributed by atoms with Gasteiger partial charge in [-0.05, 0) is 42.5 Å². The van der Waals surface area contributed by atoms with E-state index in [1.54, 1.807) is 11.3 Å². The van der Waals surface area contributed by atoms with Crippen molar-refractivity contribution >= 4 is 42.9 Å². The van der Waals surface area contributed by atoms with Crippen LogP contribution >= 0.6 is 11.3 Å². The summed E-state index contributed by atoms with van der Waals surface area (Å²) in [5.41, 5.74) is 4.77. The molecule has 0 N–H and O–H groups in total. The van der Waals surface area contributed by atoms with Gasteiger partial charge in [-0.1, -0.05) is 61.7 Å². The van der Waals surface area contributed by atoms with E-state index >= 15 is 0 Å². The second kappa shape index (κ2) is 7.54. The summed E-state index contributed by atoms with van der Waals surface area (Å²) in [7, 11) is 2.19. The molecule has 29 heavy (non-hydrogen) atoms. The fourth-order valence-electron chi connectivity index (χ4n) is 4.84. The van der Waals surface area contributed by atoms with E-state index in [1.165, 1.54) is 64.5 Å². The van der Waals surface area contributed by atoms with Crippen molar-refractivity contribution in [2.24, 2.45) is 0 Å². The van der Waals surface area contributed by atoms with Crippen LogP contribution in [0.1, 0.15) is 49.1 Å². The molecule has 144 valence electrons. The maximum absolute atomic E-state index is 9.54. The molecular formula is C26H24N2S. The second-order valence-corrected chi connectivity index (χ2v) is 9.02. The SMILES string of the molecule is CN(c1ccccc1C1CCCCC1)c1cccc2c1sc1c(C#N)cccc12. The van der Waals surface area contributed by atoms with Crippen molar-refractivity contribution < 1.29 is 0 Å². The number of hydrogen-bond donors (Lipinski definition) is 0. The third-order valence-electron chi connectivity index (χ3n) is 6.33. The number of rotatable bonds is 3. The Morgan fingerprint density at radius 3 is 2.31 bits per heavy atom. The average molecular weight is 397 g/mol. The molecule has 1 heterocycles. The van der Waals surface area contributed by atoms with Crippen LogP contribution in [0.4, 0.5) is 11.4 Å². The molecule has 5 rings (SSSR count). The van der Waals surface area contributed by atoms with Gasteiger partial charge in [-0.2, -0.15) is 5.26 Å². The summed E-state index contributed by atoms with van der Waals surface area (Å²) in [6, 6.07) is 23.8. The van der Waals surface area contributed by atoms with Gasteiger partial charge in [0.05, 0.1) is 20.7 Å². The molecule has 4 aromatic rings. The minimum atomic E-state index is 0.661. The van der Waals surface area contributed by atoms with Crippen LogP contribution in [0.25, 0.3) is 20.2 Å². The minimum Gasteiger partial charge on any atom is -0.343 e. The molecule has 0 atom stereocenters. The Kier molecular flexibility index (Phi) is 4.73. The van der Waals surface area contributed by atoms with Crippen LogP contribution in [0.3, 0.4) is 0 Å². The Balaban J connectivity index is 1.66. The van der Waals surface area contributed by atoms with Gasteiger partial charge >= 0.3 is 0 Å². The van der Waals surface area contributed by atoms with Crippen molar-refractivity contribution in [3.05, 3.63) is 71.8 Å². The molecule has 1 aromatic heterocycles. The van der Waals surface area contributed by atoms with E-state index in [4.69, 9.17) is 0 Å². The molecule has 1 aliphatic rings. The zero-order chi connectivity index (χ0) is 19.8. The Labute approximate surface area is 176 Å². The van der Waals surface area contributed by atoms with Gasteiger partial charge in [-0.15, -0.1) is 11.3 Å². The summed E-state index contributed by atoms with van der Waals surface area (Å²) < 4.78 is 2.34. The highest BCUT2D eigenvalue weighted by atomic mass is 32.1. The maximum atomic E-state index is 9.54. The first-order chi connectivity index (χ1) is 14.3. The molecule has 1 fully saturated rings. The zero-order valence-corrected chi connectivity index (χ0v) is 17.5. The average Bonchev–Trinajstić information content (AvgIpc) is 3.18. The molecule has 0 radical (unpaired) electrons. The van der Waals surface area contributed by atoms with E-state index < -0.39 is 0 Å². The number of para-hydroxylation sites is 1. The highest BCUT2D eigenvalue weighted by Gasteiger charge is 2.21. The van der Waals surface area contributed by atoms with E-state index in [0.717, 1.165) is 10.3 Å². The number of fused-ring (bicyclic) bond motifs is 3. The van der Waals surface area contributed by atoms with Crippen LogP contribution < -0.4 is 4.90 Å². The van der Waals surface area contributed by atoms with Gasteiger partial charge in [0.25, 0.3) is 0 Å². The molecule has 0 aliphatic heterocycles. The van der Waals surface area contributed by atoms with Gasteiger partial charge in [0.15, 0.2) is 0 Å². The monoisotopic (exact) mass is 396 g/mol. The third-order valence-corrected chi connectivity index (χ3v) is 7.61.